The summed E-state index contributed by atoms with van der Waals surface area (Å²) in [5, 5.41) is 2.85. The van der Waals surface area contributed by atoms with Crippen molar-refractivity contribution in [1.82, 2.24) is 5.32 Å². The van der Waals surface area contributed by atoms with Crippen LogP contribution in [0, 0.1) is 0 Å². The van der Waals surface area contributed by atoms with E-state index in [-0.39, 0.29) is 11.9 Å². The van der Waals surface area contributed by atoms with Crippen LogP contribution in [0.15, 0.2) is 53.4 Å². The van der Waals surface area contributed by atoms with Gasteiger partial charge in [-0.1, -0.05) is 12.1 Å². The van der Waals surface area contributed by atoms with Gasteiger partial charge in [-0.3, -0.25) is 4.79 Å². The zero-order valence-corrected chi connectivity index (χ0v) is 14.4. The minimum Gasteiger partial charge on any atom is -0.497 e. The fraction of sp³-hybridized carbons (Fsp3) is 0.222. The summed E-state index contributed by atoms with van der Waals surface area (Å²) in [4.78, 5) is 24.3. The largest absolute Gasteiger partial charge is 0.497 e. The maximum atomic E-state index is 11.9. The molecule has 2 aromatic rings. The highest BCUT2D eigenvalue weighted by atomic mass is 32.2. The Morgan fingerprint density at radius 2 is 1.67 bits per heavy atom. The van der Waals surface area contributed by atoms with Crippen LogP contribution in [0.2, 0.25) is 0 Å². The zero-order valence-electron chi connectivity index (χ0n) is 13.6. The molecule has 0 aromatic heterocycles. The number of thioether (sulfide) groups is 1. The Bertz CT molecular complexity index is 683. The number of methoxy groups -OCH3 is 2. The van der Waals surface area contributed by atoms with Crippen LogP contribution in [0.4, 0.5) is 0 Å². The molecule has 0 aliphatic carbocycles. The van der Waals surface area contributed by atoms with Crippen molar-refractivity contribution in [2.45, 2.75) is 11.4 Å². The quantitative estimate of drug-likeness (QED) is 0.617. The topological polar surface area (TPSA) is 64.6 Å². The number of rotatable bonds is 7. The van der Waals surface area contributed by atoms with Crippen molar-refractivity contribution in [2.75, 3.05) is 20.0 Å². The summed E-state index contributed by atoms with van der Waals surface area (Å²) in [6, 6.07) is 14.5. The predicted molar refractivity (Wildman–Crippen MR) is 93.3 cm³/mol. The monoisotopic (exact) mass is 345 g/mol. The van der Waals surface area contributed by atoms with E-state index in [9.17, 15) is 9.59 Å². The summed E-state index contributed by atoms with van der Waals surface area (Å²) < 4.78 is 9.74. The summed E-state index contributed by atoms with van der Waals surface area (Å²) in [6.45, 7) is 0.420. The van der Waals surface area contributed by atoms with E-state index in [1.54, 1.807) is 31.4 Å². The Labute approximate surface area is 145 Å². The highest BCUT2D eigenvalue weighted by Gasteiger charge is 2.06. The van der Waals surface area contributed by atoms with Crippen molar-refractivity contribution in [2.24, 2.45) is 0 Å². The Balaban J connectivity index is 1.77. The molecule has 0 saturated heterocycles. The van der Waals surface area contributed by atoms with E-state index >= 15 is 0 Å². The van der Waals surface area contributed by atoms with Crippen molar-refractivity contribution < 1.29 is 19.1 Å². The van der Waals surface area contributed by atoms with Gasteiger partial charge in [-0.25, -0.2) is 4.79 Å². The molecular weight excluding hydrogens is 326 g/mol. The molecule has 0 spiro atoms. The molecule has 0 bridgehead atoms. The second-order valence-corrected chi connectivity index (χ2v) is 5.98. The summed E-state index contributed by atoms with van der Waals surface area (Å²) in [6.07, 6.45) is 0. The van der Waals surface area contributed by atoms with Crippen LogP contribution < -0.4 is 10.1 Å². The average Bonchev–Trinajstić information content (AvgIpc) is 2.64. The molecule has 0 saturated carbocycles. The van der Waals surface area contributed by atoms with Crippen LogP contribution in [0.5, 0.6) is 5.75 Å². The molecule has 2 aromatic carbocycles. The first-order valence-electron chi connectivity index (χ1n) is 7.33. The number of amides is 1. The Morgan fingerprint density at radius 1 is 1.00 bits per heavy atom. The fourth-order valence-electron chi connectivity index (χ4n) is 1.95. The van der Waals surface area contributed by atoms with Gasteiger partial charge < -0.3 is 14.8 Å². The zero-order chi connectivity index (χ0) is 17.4. The summed E-state index contributed by atoms with van der Waals surface area (Å²) in [7, 11) is 2.96. The van der Waals surface area contributed by atoms with Gasteiger partial charge >= 0.3 is 5.97 Å². The molecule has 1 N–H and O–H groups in total. The minimum atomic E-state index is -0.374. The highest BCUT2D eigenvalue weighted by molar-refractivity contribution is 8.00. The lowest BCUT2D eigenvalue weighted by atomic mass is 10.1. The maximum Gasteiger partial charge on any atom is 0.337 e. The van der Waals surface area contributed by atoms with E-state index in [2.05, 4.69) is 10.1 Å². The van der Waals surface area contributed by atoms with Gasteiger partial charge in [0.05, 0.1) is 25.5 Å². The first-order chi connectivity index (χ1) is 11.6. The smallest absolute Gasteiger partial charge is 0.337 e. The molecule has 5 nitrogen and oxygen atoms in total. The number of carbonyl (C=O) groups excluding carboxylic acids is 2. The molecule has 0 fully saturated rings. The van der Waals surface area contributed by atoms with Gasteiger partial charge in [-0.2, -0.15) is 0 Å². The molecule has 6 heteroatoms. The standard InChI is InChI=1S/C18H19NO4S/c1-22-15-7-9-16(10-8-15)24-12-17(20)19-11-13-3-5-14(6-4-13)18(21)23-2/h3-10H,11-12H2,1-2H3,(H,19,20). The van der Waals surface area contributed by atoms with Gasteiger partial charge in [0.1, 0.15) is 5.75 Å². The number of nitrogens with one attached hydrogen (secondary N) is 1. The van der Waals surface area contributed by atoms with E-state index in [4.69, 9.17) is 4.74 Å². The second-order valence-electron chi connectivity index (χ2n) is 4.93. The van der Waals surface area contributed by atoms with Gasteiger partial charge in [0.2, 0.25) is 5.91 Å². The SMILES string of the molecule is COC(=O)c1ccc(CNC(=O)CSc2ccc(OC)cc2)cc1. The fourth-order valence-corrected chi connectivity index (χ4v) is 2.68. The molecule has 0 unspecified atom stereocenters. The van der Waals surface area contributed by atoms with Crippen LogP contribution in [0.25, 0.3) is 0 Å². The average molecular weight is 345 g/mol. The van der Waals surface area contributed by atoms with Gasteiger partial charge in [-0.15, -0.1) is 11.8 Å². The Kier molecular flexibility index (Phi) is 6.69. The van der Waals surface area contributed by atoms with Crippen molar-refractivity contribution in [3.8, 4) is 5.75 Å². The third-order valence-electron chi connectivity index (χ3n) is 3.29. The van der Waals surface area contributed by atoms with Crippen molar-refractivity contribution in [3.63, 3.8) is 0 Å². The number of ether oxygens (including phenoxy) is 2. The van der Waals surface area contributed by atoms with Crippen LogP contribution in [0.3, 0.4) is 0 Å². The minimum absolute atomic E-state index is 0.0483. The molecule has 24 heavy (non-hydrogen) atoms. The summed E-state index contributed by atoms with van der Waals surface area (Å²) in [5.74, 6) is 0.709. The van der Waals surface area contributed by atoms with Crippen LogP contribution in [-0.4, -0.2) is 31.8 Å². The van der Waals surface area contributed by atoms with Crippen molar-refractivity contribution in [1.29, 1.82) is 0 Å². The number of hydrogen-bond donors (Lipinski definition) is 1. The molecule has 0 aliphatic heterocycles. The number of carbonyl (C=O) groups is 2. The van der Waals surface area contributed by atoms with Crippen LogP contribution >= 0.6 is 11.8 Å². The molecule has 0 atom stereocenters. The lowest BCUT2D eigenvalue weighted by molar-refractivity contribution is -0.118. The third-order valence-corrected chi connectivity index (χ3v) is 4.31. The lowest BCUT2D eigenvalue weighted by Gasteiger charge is -2.07. The Hall–Kier alpha value is -2.47. The van der Waals surface area contributed by atoms with E-state index in [0.29, 0.717) is 17.9 Å². The third kappa shape index (κ3) is 5.31. The molecule has 2 rings (SSSR count). The Morgan fingerprint density at radius 3 is 2.25 bits per heavy atom. The lowest BCUT2D eigenvalue weighted by Crippen LogP contribution is -2.24. The molecule has 0 radical (unpaired) electrons. The molecule has 1 amide bonds. The van der Waals surface area contributed by atoms with Gasteiger partial charge in [-0.05, 0) is 42.0 Å². The molecular formula is C18H19NO4S. The highest BCUT2D eigenvalue weighted by Crippen LogP contribution is 2.20. The normalized spacial score (nSPS) is 10.1. The van der Waals surface area contributed by atoms with Gasteiger partial charge in [0, 0.05) is 11.4 Å². The van der Waals surface area contributed by atoms with E-state index in [0.717, 1.165) is 16.2 Å². The first kappa shape index (κ1) is 17.9. The van der Waals surface area contributed by atoms with Crippen molar-refractivity contribution in [3.05, 3.63) is 59.7 Å². The summed E-state index contributed by atoms with van der Waals surface area (Å²) >= 11 is 1.46. The maximum absolute atomic E-state index is 11.9. The van der Waals surface area contributed by atoms with Crippen LogP contribution in [0.1, 0.15) is 15.9 Å². The van der Waals surface area contributed by atoms with Crippen LogP contribution in [-0.2, 0) is 16.1 Å². The first-order valence-corrected chi connectivity index (χ1v) is 8.31. The molecule has 0 heterocycles. The number of hydrogen-bond acceptors (Lipinski definition) is 5. The van der Waals surface area contributed by atoms with E-state index in [1.165, 1.54) is 18.9 Å². The van der Waals surface area contributed by atoms with Gasteiger partial charge in [0.25, 0.3) is 0 Å². The van der Waals surface area contributed by atoms with Crippen molar-refractivity contribution >= 4 is 23.6 Å². The van der Waals surface area contributed by atoms with E-state index in [1.807, 2.05) is 24.3 Å². The predicted octanol–water partition coefficient (Wildman–Crippen LogP) is 2.89. The number of esters is 1. The molecule has 0 aliphatic rings. The molecule has 126 valence electrons. The summed E-state index contributed by atoms with van der Waals surface area (Å²) in [5.41, 5.74) is 1.41. The number of benzene rings is 2. The van der Waals surface area contributed by atoms with Gasteiger partial charge in [0.15, 0.2) is 0 Å². The second kappa shape index (κ2) is 8.98. The van der Waals surface area contributed by atoms with E-state index < -0.39 is 0 Å².